The van der Waals surface area contributed by atoms with Crippen molar-refractivity contribution in [2.75, 3.05) is 26.2 Å². The van der Waals surface area contributed by atoms with Crippen molar-refractivity contribution in [2.24, 2.45) is 0 Å². The molecule has 0 saturated carbocycles. The first-order valence-corrected chi connectivity index (χ1v) is 12.3. The number of allylic oxidation sites excluding steroid dienone is 1. The van der Waals surface area contributed by atoms with Crippen LogP contribution in [0.15, 0.2) is 61.2 Å². The minimum absolute atomic E-state index is 0.702. The summed E-state index contributed by atoms with van der Waals surface area (Å²) in [4.78, 5) is 7.63. The largest absolute Gasteiger partial charge is 0.493 e. The predicted molar refractivity (Wildman–Crippen MR) is 133 cm³/mol. The molecule has 0 amide bonds. The lowest BCUT2D eigenvalue weighted by Crippen LogP contribution is -2.26. The Balaban J connectivity index is 1.35. The number of ether oxygens (including phenoxy) is 1. The molecule has 0 N–H and O–H groups in total. The lowest BCUT2D eigenvalue weighted by Gasteiger charge is -2.19. The van der Waals surface area contributed by atoms with Gasteiger partial charge in [0.05, 0.1) is 17.6 Å². The van der Waals surface area contributed by atoms with Crippen LogP contribution in [0.4, 0.5) is 0 Å². The van der Waals surface area contributed by atoms with Crippen LogP contribution < -0.4 is 4.74 Å². The summed E-state index contributed by atoms with van der Waals surface area (Å²) >= 11 is 0. The number of hydrogen-bond acceptors (Lipinski definition) is 3. The standard InChI is InChI=1S/C28H37N3O/c1-2-13-24-14-5-8-17-27(24)32-23-12-22-31-26-16-7-6-15-25(26)29-28(31)18-11-21-30-19-9-3-4-10-20-30/h2,5-8,14-17H,1,3-4,9-13,18-23H2. The maximum absolute atomic E-state index is 6.12. The molecule has 0 bridgehead atoms. The number of fused-ring (bicyclic) bond motifs is 1. The molecule has 2 aromatic carbocycles. The minimum Gasteiger partial charge on any atom is -0.493 e. The Hall–Kier alpha value is -2.59. The van der Waals surface area contributed by atoms with Crippen LogP contribution >= 0.6 is 0 Å². The molecule has 1 aliphatic rings. The number of aromatic nitrogens is 2. The van der Waals surface area contributed by atoms with E-state index in [1.165, 1.54) is 68.6 Å². The lowest BCUT2D eigenvalue weighted by molar-refractivity contribution is 0.280. The lowest BCUT2D eigenvalue weighted by atomic mass is 10.1. The first-order chi connectivity index (χ1) is 15.8. The molecular weight excluding hydrogens is 394 g/mol. The van der Waals surface area contributed by atoms with Gasteiger partial charge in [-0.15, -0.1) is 6.58 Å². The highest BCUT2D eigenvalue weighted by Gasteiger charge is 2.13. The summed E-state index contributed by atoms with van der Waals surface area (Å²) in [5.41, 5.74) is 3.55. The molecule has 0 atom stereocenters. The van der Waals surface area contributed by atoms with E-state index in [1.807, 2.05) is 12.1 Å². The second-order valence-electron chi connectivity index (χ2n) is 8.83. The van der Waals surface area contributed by atoms with Gasteiger partial charge in [0.15, 0.2) is 0 Å². The van der Waals surface area contributed by atoms with Gasteiger partial charge < -0.3 is 14.2 Å². The average molecular weight is 432 g/mol. The molecule has 2 heterocycles. The number of likely N-dealkylation sites (tertiary alicyclic amines) is 1. The molecule has 0 radical (unpaired) electrons. The Morgan fingerprint density at radius 2 is 1.69 bits per heavy atom. The predicted octanol–water partition coefficient (Wildman–Crippen LogP) is 6.04. The van der Waals surface area contributed by atoms with Crippen molar-refractivity contribution in [3.05, 3.63) is 72.6 Å². The highest BCUT2D eigenvalue weighted by Crippen LogP contribution is 2.21. The van der Waals surface area contributed by atoms with Crippen molar-refractivity contribution in [3.8, 4) is 5.75 Å². The van der Waals surface area contributed by atoms with E-state index in [4.69, 9.17) is 9.72 Å². The molecule has 1 fully saturated rings. The maximum Gasteiger partial charge on any atom is 0.122 e. The molecule has 1 aliphatic heterocycles. The topological polar surface area (TPSA) is 30.3 Å². The molecule has 1 saturated heterocycles. The van der Waals surface area contributed by atoms with Crippen molar-refractivity contribution in [2.45, 2.75) is 57.9 Å². The summed E-state index contributed by atoms with van der Waals surface area (Å²) in [5.74, 6) is 2.19. The van der Waals surface area contributed by atoms with Gasteiger partial charge in [-0.25, -0.2) is 4.98 Å². The normalized spacial score (nSPS) is 15.0. The SMILES string of the molecule is C=CCc1ccccc1OCCCn1c(CCCN2CCCCCC2)nc2ccccc21. The van der Waals surface area contributed by atoms with Crippen molar-refractivity contribution in [3.63, 3.8) is 0 Å². The molecule has 0 unspecified atom stereocenters. The Morgan fingerprint density at radius 3 is 2.53 bits per heavy atom. The zero-order chi connectivity index (χ0) is 22.0. The zero-order valence-electron chi connectivity index (χ0n) is 19.3. The van der Waals surface area contributed by atoms with E-state index in [0.717, 1.165) is 37.1 Å². The number of benzene rings is 2. The number of nitrogens with zero attached hydrogens (tertiary/aromatic N) is 3. The molecule has 4 rings (SSSR count). The van der Waals surface area contributed by atoms with Gasteiger partial charge in [0.2, 0.25) is 0 Å². The van der Waals surface area contributed by atoms with E-state index in [1.54, 1.807) is 0 Å². The third kappa shape index (κ3) is 6.01. The van der Waals surface area contributed by atoms with Crippen molar-refractivity contribution < 1.29 is 4.74 Å². The van der Waals surface area contributed by atoms with Gasteiger partial charge in [-0.3, -0.25) is 0 Å². The number of hydrogen-bond donors (Lipinski definition) is 0. The van der Waals surface area contributed by atoms with Crippen LogP contribution in [0.1, 0.15) is 49.9 Å². The Labute approximate surface area is 192 Å². The second-order valence-corrected chi connectivity index (χ2v) is 8.83. The average Bonchev–Trinajstić information content (AvgIpc) is 2.96. The van der Waals surface area contributed by atoms with Crippen LogP contribution in [0, 0.1) is 0 Å². The quantitative estimate of drug-likeness (QED) is 0.274. The number of para-hydroxylation sites is 3. The summed E-state index contributed by atoms with van der Waals surface area (Å²) in [6.45, 7) is 9.21. The number of rotatable bonds is 11. The van der Waals surface area contributed by atoms with Gasteiger partial charge in [-0.05, 0) is 75.5 Å². The van der Waals surface area contributed by atoms with Crippen LogP contribution in [0.5, 0.6) is 5.75 Å². The van der Waals surface area contributed by atoms with Gasteiger partial charge in [0.1, 0.15) is 11.6 Å². The first-order valence-electron chi connectivity index (χ1n) is 12.3. The molecule has 4 nitrogen and oxygen atoms in total. The van der Waals surface area contributed by atoms with Crippen molar-refractivity contribution >= 4 is 11.0 Å². The first kappa shape index (κ1) is 22.6. The van der Waals surface area contributed by atoms with E-state index in [9.17, 15) is 0 Å². The van der Waals surface area contributed by atoms with Crippen LogP contribution in [-0.4, -0.2) is 40.7 Å². The Morgan fingerprint density at radius 1 is 0.906 bits per heavy atom. The monoisotopic (exact) mass is 431 g/mol. The third-order valence-corrected chi connectivity index (χ3v) is 6.43. The van der Waals surface area contributed by atoms with Gasteiger partial charge in [-0.1, -0.05) is 49.2 Å². The smallest absolute Gasteiger partial charge is 0.122 e. The molecule has 1 aromatic heterocycles. The van der Waals surface area contributed by atoms with Gasteiger partial charge in [0, 0.05) is 13.0 Å². The summed E-state index contributed by atoms with van der Waals surface area (Å²) in [5, 5.41) is 0. The molecule has 0 aliphatic carbocycles. The molecule has 32 heavy (non-hydrogen) atoms. The van der Waals surface area contributed by atoms with Gasteiger partial charge in [-0.2, -0.15) is 0 Å². The highest BCUT2D eigenvalue weighted by atomic mass is 16.5. The van der Waals surface area contributed by atoms with Crippen LogP contribution in [0.25, 0.3) is 11.0 Å². The van der Waals surface area contributed by atoms with Crippen LogP contribution in [-0.2, 0) is 19.4 Å². The van der Waals surface area contributed by atoms with E-state index in [0.29, 0.717) is 6.61 Å². The number of imidazole rings is 1. The second kappa shape index (κ2) is 11.9. The maximum atomic E-state index is 6.12. The fraction of sp³-hybridized carbons (Fsp3) is 0.464. The van der Waals surface area contributed by atoms with Crippen molar-refractivity contribution in [1.29, 1.82) is 0 Å². The molecular formula is C28H37N3O. The minimum atomic E-state index is 0.702. The fourth-order valence-corrected chi connectivity index (χ4v) is 4.76. The van der Waals surface area contributed by atoms with E-state index < -0.39 is 0 Å². The Kier molecular flexibility index (Phi) is 8.38. The van der Waals surface area contributed by atoms with E-state index >= 15 is 0 Å². The molecule has 170 valence electrons. The third-order valence-electron chi connectivity index (χ3n) is 6.43. The molecule has 0 spiro atoms. The van der Waals surface area contributed by atoms with Gasteiger partial charge in [0.25, 0.3) is 0 Å². The van der Waals surface area contributed by atoms with Crippen molar-refractivity contribution in [1.82, 2.24) is 14.5 Å². The van der Waals surface area contributed by atoms with Crippen LogP contribution in [0.2, 0.25) is 0 Å². The summed E-state index contributed by atoms with van der Waals surface area (Å²) < 4.78 is 8.54. The summed E-state index contributed by atoms with van der Waals surface area (Å²) in [6.07, 6.45) is 11.4. The fourth-order valence-electron chi connectivity index (χ4n) is 4.76. The summed E-state index contributed by atoms with van der Waals surface area (Å²) in [7, 11) is 0. The molecule has 3 aromatic rings. The molecule has 4 heteroatoms. The zero-order valence-corrected chi connectivity index (χ0v) is 19.3. The van der Waals surface area contributed by atoms with Gasteiger partial charge >= 0.3 is 0 Å². The summed E-state index contributed by atoms with van der Waals surface area (Å²) in [6, 6.07) is 16.8. The van der Waals surface area contributed by atoms with Crippen LogP contribution in [0.3, 0.4) is 0 Å². The number of aryl methyl sites for hydroxylation is 2. The Bertz CT molecular complexity index is 985. The van der Waals surface area contributed by atoms with E-state index in [2.05, 4.69) is 58.5 Å². The van der Waals surface area contributed by atoms with E-state index in [-0.39, 0.29) is 0 Å². The highest BCUT2D eigenvalue weighted by molar-refractivity contribution is 5.75.